The van der Waals surface area contributed by atoms with E-state index in [0.29, 0.717) is 0 Å². The minimum absolute atomic E-state index is 0.739. The standard InChI is InChI=1S/C15H20N2OS/c1-11-6-12(2)8-13(7-11)15-9-14(19-17-15)10-16-4-5-18-3/h6-9,16H,4-5,10H2,1-3H3. The maximum atomic E-state index is 5.01. The Morgan fingerprint density at radius 3 is 2.58 bits per heavy atom. The third-order valence-corrected chi connectivity index (χ3v) is 3.64. The highest BCUT2D eigenvalue weighted by Crippen LogP contribution is 2.24. The number of methoxy groups -OCH3 is 1. The van der Waals surface area contributed by atoms with Crippen LogP contribution >= 0.6 is 11.5 Å². The molecule has 0 spiro atoms. The molecule has 1 aromatic carbocycles. The molecule has 102 valence electrons. The molecule has 0 fully saturated rings. The van der Waals surface area contributed by atoms with Crippen LogP contribution in [0.15, 0.2) is 24.3 Å². The third-order valence-electron chi connectivity index (χ3n) is 2.86. The Balaban J connectivity index is 2.03. The smallest absolute Gasteiger partial charge is 0.0844 e. The van der Waals surface area contributed by atoms with Crippen LogP contribution in [0.5, 0.6) is 0 Å². The molecular formula is C15H20N2OS. The van der Waals surface area contributed by atoms with E-state index in [0.717, 1.165) is 25.4 Å². The van der Waals surface area contributed by atoms with Crippen molar-refractivity contribution in [1.82, 2.24) is 9.69 Å². The van der Waals surface area contributed by atoms with Gasteiger partial charge in [-0.1, -0.05) is 17.2 Å². The van der Waals surface area contributed by atoms with Crippen LogP contribution in [0.2, 0.25) is 0 Å². The summed E-state index contributed by atoms with van der Waals surface area (Å²) in [5.74, 6) is 0. The van der Waals surface area contributed by atoms with Crippen LogP contribution in [0, 0.1) is 13.8 Å². The lowest BCUT2D eigenvalue weighted by Gasteiger charge is -2.02. The van der Waals surface area contributed by atoms with Crippen molar-refractivity contribution in [3.8, 4) is 11.3 Å². The van der Waals surface area contributed by atoms with Gasteiger partial charge in [0.15, 0.2) is 0 Å². The third kappa shape index (κ3) is 4.13. The number of aryl methyl sites for hydroxylation is 2. The van der Waals surface area contributed by atoms with Gasteiger partial charge in [-0.3, -0.25) is 0 Å². The lowest BCUT2D eigenvalue weighted by molar-refractivity contribution is 0.199. The molecule has 2 rings (SSSR count). The SMILES string of the molecule is COCCNCc1cc(-c2cc(C)cc(C)c2)ns1. The van der Waals surface area contributed by atoms with E-state index in [1.54, 1.807) is 18.6 Å². The minimum Gasteiger partial charge on any atom is -0.383 e. The fraction of sp³-hybridized carbons (Fsp3) is 0.400. The van der Waals surface area contributed by atoms with Gasteiger partial charge in [0.05, 0.1) is 12.3 Å². The molecule has 0 aliphatic carbocycles. The highest BCUT2D eigenvalue weighted by atomic mass is 32.1. The molecule has 0 unspecified atom stereocenters. The molecule has 2 aromatic rings. The van der Waals surface area contributed by atoms with Gasteiger partial charge < -0.3 is 10.1 Å². The predicted molar refractivity (Wildman–Crippen MR) is 80.6 cm³/mol. The fourth-order valence-electron chi connectivity index (χ4n) is 2.04. The molecule has 0 radical (unpaired) electrons. The molecule has 0 atom stereocenters. The summed E-state index contributed by atoms with van der Waals surface area (Å²) in [5.41, 5.74) is 4.84. The van der Waals surface area contributed by atoms with Crippen molar-refractivity contribution < 1.29 is 4.74 Å². The van der Waals surface area contributed by atoms with Crippen molar-refractivity contribution in [3.63, 3.8) is 0 Å². The van der Waals surface area contributed by atoms with Gasteiger partial charge in [-0.25, -0.2) is 0 Å². The van der Waals surface area contributed by atoms with Crippen molar-refractivity contribution in [1.29, 1.82) is 0 Å². The number of aromatic nitrogens is 1. The van der Waals surface area contributed by atoms with Crippen molar-refractivity contribution in [3.05, 3.63) is 40.3 Å². The number of benzene rings is 1. The molecule has 1 N–H and O–H groups in total. The first kappa shape index (κ1) is 14.2. The molecule has 0 saturated heterocycles. The van der Waals surface area contributed by atoms with E-state index in [9.17, 15) is 0 Å². The van der Waals surface area contributed by atoms with Crippen molar-refractivity contribution in [2.45, 2.75) is 20.4 Å². The van der Waals surface area contributed by atoms with Crippen LogP contribution in [0.1, 0.15) is 16.0 Å². The molecule has 1 heterocycles. The van der Waals surface area contributed by atoms with Gasteiger partial charge in [-0.2, -0.15) is 4.37 Å². The summed E-state index contributed by atoms with van der Waals surface area (Å²) < 4.78 is 9.54. The molecular weight excluding hydrogens is 256 g/mol. The van der Waals surface area contributed by atoms with Crippen molar-refractivity contribution in [2.75, 3.05) is 20.3 Å². The molecule has 0 saturated carbocycles. The Morgan fingerprint density at radius 1 is 1.16 bits per heavy atom. The Morgan fingerprint density at radius 2 is 1.89 bits per heavy atom. The zero-order valence-corrected chi connectivity index (χ0v) is 12.5. The van der Waals surface area contributed by atoms with E-state index >= 15 is 0 Å². The van der Waals surface area contributed by atoms with Crippen LogP contribution in [-0.4, -0.2) is 24.6 Å². The molecule has 3 nitrogen and oxygen atoms in total. The molecule has 0 bridgehead atoms. The summed E-state index contributed by atoms with van der Waals surface area (Å²) in [6, 6.07) is 8.72. The van der Waals surface area contributed by atoms with Gasteiger partial charge in [0.1, 0.15) is 0 Å². The number of nitrogens with zero attached hydrogens (tertiary/aromatic N) is 1. The summed E-state index contributed by atoms with van der Waals surface area (Å²) in [4.78, 5) is 1.25. The second-order valence-electron chi connectivity index (χ2n) is 4.72. The minimum atomic E-state index is 0.739. The first-order valence-electron chi connectivity index (χ1n) is 6.43. The summed E-state index contributed by atoms with van der Waals surface area (Å²) in [6.45, 7) is 6.70. The van der Waals surface area contributed by atoms with Gasteiger partial charge in [0.25, 0.3) is 0 Å². The number of hydrogen-bond donors (Lipinski definition) is 1. The lowest BCUT2D eigenvalue weighted by Crippen LogP contribution is -2.17. The molecule has 4 heteroatoms. The number of hydrogen-bond acceptors (Lipinski definition) is 4. The second kappa shape index (κ2) is 6.80. The lowest BCUT2D eigenvalue weighted by atomic mass is 10.1. The highest BCUT2D eigenvalue weighted by Gasteiger charge is 2.05. The Bertz CT molecular complexity index is 516. The van der Waals surface area contributed by atoms with Crippen LogP contribution in [0.25, 0.3) is 11.3 Å². The van der Waals surface area contributed by atoms with E-state index in [2.05, 4.69) is 47.8 Å². The maximum absolute atomic E-state index is 5.01. The van der Waals surface area contributed by atoms with E-state index in [1.165, 1.54) is 21.6 Å². The second-order valence-corrected chi connectivity index (χ2v) is 5.61. The topological polar surface area (TPSA) is 34.1 Å². The number of ether oxygens (including phenoxy) is 1. The zero-order chi connectivity index (χ0) is 13.7. The molecule has 0 aliphatic rings. The van der Waals surface area contributed by atoms with E-state index < -0.39 is 0 Å². The molecule has 0 amide bonds. The quantitative estimate of drug-likeness (QED) is 0.823. The van der Waals surface area contributed by atoms with Gasteiger partial charge in [0.2, 0.25) is 0 Å². The van der Waals surface area contributed by atoms with Crippen molar-refractivity contribution in [2.24, 2.45) is 0 Å². The summed E-state index contributed by atoms with van der Waals surface area (Å²) in [5, 5.41) is 3.34. The van der Waals surface area contributed by atoms with Gasteiger partial charge in [0, 0.05) is 30.6 Å². The van der Waals surface area contributed by atoms with Crippen LogP contribution in [0.3, 0.4) is 0 Å². The number of rotatable bonds is 6. The van der Waals surface area contributed by atoms with Crippen LogP contribution in [-0.2, 0) is 11.3 Å². The Hall–Kier alpha value is -1.23. The summed E-state index contributed by atoms with van der Waals surface area (Å²) >= 11 is 1.56. The molecule has 0 aliphatic heterocycles. The highest BCUT2D eigenvalue weighted by molar-refractivity contribution is 7.06. The van der Waals surface area contributed by atoms with E-state index in [1.807, 2.05) is 0 Å². The number of nitrogens with one attached hydrogen (secondary N) is 1. The monoisotopic (exact) mass is 276 g/mol. The van der Waals surface area contributed by atoms with Gasteiger partial charge in [-0.05, 0) is 43.6 Å². The summed E-state index contributed by atoms with van der Waals surface area (Å²) in [6.07, 6.45) is 0. The van der Waals surface area contributed by atoms with Crippen LogP contribution in [0.4, 0.5) is 0 Å². The van der Waals surface area contributed by atoms with E-state index in [4.69, 9.17) is 4.74 Å². The predicted octanol–water partition coefficient (Wildman–Crippen LogP) is 3.16. The normalized spacial score (nSPS) is 10.9. The fourth-order valence-corrected chi connectivity index (χ4v) is 2.75. The van der Waals surface area contributed by atoms with E-state index in [-0.39, 0.29) is 0 Å². The van der Waals surface area contributed by atoms with Crippen LogP contribution < -0.4 is 5.32 Å². The van der Waals surface area contributed by atoms with Crippen molar-refractivity contribution >= 4 is 11.5 Å². The van der Waals surface area contributed by atoms with Gasteiger partial charge in [-0.15, -0.1) is 0 Å². The average molecular weight is 276 g/mol. The molecule has 19 heavy (non-hydrogen) atoms. The average Bonchev–Trinajstić information content (AvgIpc) is 2.82. The summed E-state index contributed by atoms with van der Waals surface area (Å²) in [7, 11) is 1.71. The van der Waals surface area contributed by atoms with Gasteiger partial charge >= 0.3 is 0 Å². The largest absolute Gasteiger partial charge is 0.383 e. The molecule has 1 aromatic heterocycles. The maximum Gasteiger partial charge on any atom is 0.0844 e. The first-order valence-corrected chi connectivity index (χ1v) is 7.20. The zero-order valence-electron chi connectivity index (χ0n) is 11.7. The first-order chi connectivity index (χ1) is 9.19. The Labute approximate surface area is 118 Å². The Kier molecular flexibility index (Phi) is 5.07.